The summed E-state index contributed by atoms with van der Waals surface area (Å²) < 4.78 is 30.0. The maximum atomic E-state index is 13.2. The van der Waals surface area contributed by atoms with E-state index < -0.39 is 0 Å². The second kappa shape index (κ2) is 8.60. The molecule has 162 valence electrons. The van der Waals surface area contributed by atoms with Gasteiger partial charge in [0.1, 0.15) is 29.7 Å². The molecule has 0 unspecified atom stereocenters. The Bertz CT molecular complexity index is 1020. The van der Waals surface area contributed by atoms with Crippen LogP contribution in [0.4, 0.5) is 10.2 Å². The van der Waals surface area contributed by atoms with Gasteiger partial charge in [-0.25, -0.2) is 14.4 Å². The predicted octanol–water partition coefficient (Wildman–Crippen LogP) is 2.68. The van der Waals surface area contributed by atoms with Gasteiger partial charge in [-0.3, -0.25) is 4.90 Å². The Balaban J connectivity index is 1.24. The lowest BCUT2D eigenvalue weighted by molar-refractivity contribution is -0.0118. The number of piperazine rings is 1. The highest BCUT2D eigenvalue weighted by atomic mass is 19.1. The minimum absolute atomic E-state index is 0.230. The van der Waals surface area contributed by atoms with Gasteiger partial charge in [0, 0.05) is 31.7 Å². The summed E-state index contributed by atoms with van der Waals surface area (Å²) in [5.41, 5.74) is 2.20. The summed E-state index contributed by atoms with van der Waals surface area (Å²) in [5.74, 6) is 1.62. The predicted molar refractivity (Wildman–Crippen MR) is 111 cm³/mol. The summed E-state index contributed by atoms with van der Waals surface area (Å²) >= 11 is 0. The van der Waals surface area contributed by atoms with Crippen molar-refractivity contribution in [1.82, 2.24) is 20.0 Å². The van der Waals surface area contributed by atoms with Crippen molar-refractivity contribution in [3.63, 3.8) is 0 Å². The number of hydrogen-bond donors (Lipinski definition) is 0. The van der Waals surface area contributed by atoms with Gasteiger partial charge in [0.15, 0.2) is 0 Å². The van der Waals surface area contributed by atoms with E-state index in [0.29, 0.717) is 23.4 Å². The van der Waals surface area contributed by atoms with Crippen LogP contribution in [0.15, 0.2) is 41.2 Å². The molecule has 0 N–H and O–H groups in total. The molecule has 4 heterocycles. The summed E-state index contributed by atoms with van der Waals surface area (Å²) in [4.78, 5) is 13.7. The van der Waals surface area contributed by atoms with Crippen molar-refractivity contribution < 1.29 is 18.4 Å². The minimum Gasteiger partial charge on any atom is -0.471 e. The number of hydrogen-bond acceptors (Lipinski definition) is 8. The van der Waals surface area contributed by atoms with Crippen LogP contribution in [-0.4, -0.2) is 65.5 Å². The van der Waals surface area contributed by atoms with Gasteiger partial charge < -0.3 is 18.9 Å². The Hall–Kier alpha value is -3.04. The highest BCUT2D eigenvalue weighted by molar-refractivity contribution is 5.63. The molecule has 3 aromatic rings. The maximum absolute atomic E-state index is 13.2. The molecular weight excluding hydrogens is 401 g/mol. The molecule has 0 amide bonds. The summed E-state index contributed by atoms with van der Waals surface area (Å²) in [5, 5.41) is 4.10. The smallest absolute Gasteiger partial charge is 0.232 e. The normalized spacial score (nSPS) is 19.3. The van der Waals surface area contributed by atoms with Crippen molar-refractivity contribution in [2.45, 2.75) is 19.6 Å². The fourth-order valence-electron chi connectivity index (χ4n) is 4.04. The maximum Gasteiger partial charge on any atom is 0.232 e. The molecule has 31 heavy (non-hydrogen) atoms. The molecule has 0 saturated carbocycles. The van der Waals surface area contributed by atoms with Crippen LogP contribution in [0.2, 0.25) is 0 Å². The Morgan fingerprint density at radius 3 is 2.81 bits per heavy atom. The number of nitrogens with zero attached hydrogens (tertiary/aromatic N) is 5. The lowest BCUT2D eigenvalue weighted by atomic mass is 10.1. The van der Waals surface area contributed by atoms with Gasteiger partial charge in [-0.05, 0) is 31.2 Å². The molecule has 8 nitrogen and oxygen atoms in total. The standard InChI is InChI=1S/C22H24FN5O3/c1-15-19(22(26-31-15)16-2-4-17(23)5-3-16)14-30-21-11-24-20(10-25-21)28-7-6-27-8-9-29-13-18(27)12-28/h2-5,10-11,18H,6-9,12-14H2,1H3/t18-/m0/s1. The molecule has 0 aliphatic carbocycles. The number of aryl methyl sites for hydroxylation is 1. The number of anilines is 1. The fourth-order valence-corrected chi connectivity index (χ4v) is 4.04. The van der Waals surface area contributed by atoms with Crippen molar-refractivity contribution in [2.75, 3.05) is 44.3 Å². The Kier molecular flexibility index (Phi) is 5.52. The van der Waals surface area contributed by atoms with Gasteiger partial charge >= 0.3 is 0 Å². The van der Waals surface area contributed by atoms with E-state index in [1.54, 1.807) is 24.5 Å². The van der Waals surface area contributed by atoms with Crippen molar-refractivity contribution >= 4 is 5.82 Å². The zero-order valence-corrected chi connectivity index (χ0v) is 17.3. The zero-order valence-electron chi connectivity index (χ0n) is 17.3. The highest BCUT2D eigenvalue weighted by Gasteiger charge is 2.30. The van der Waals surface area contributed by atoms with E-state index >= 15 is 0 Å². The second-order valence-corrected chi connectivity index (χ2v) is 7.79. The lowest BCUT2D eigenvalue weighted by Gasteiger charge is -2.44. The largest absolute Gasteiger partial charge is 0.471 e. The number of morpholine rings is 1. The average molecular weight is 425 g/mol. The first-order valence-electron chi connectivity index (χ1n) is 10.4. The molecule has 2 aliphatic rings. The molecule has 2 aromatic heterocycles. The van der Waals surface area contributed by atoms with Crippen molar-refractivity contribution in [2.24, 2.45) is 0 Å². The molecule has 0 spiro atoms. The summed E-state index contributed by atoms with van der Waals surface area (Å²) in [6.45, 7) is 7.45. The van der Waals surface area contributed by atoms with E-state index in [4.69, 9.17) is 14.0 Å². The van der Waals surface area contributed by atoms with Crippen molar-refractivity contribution in [1.29, 1.82) is 0 Å². The van der Waals surface area contributed by atoms with E-state index in [2.05, 4.69) is 24.9 Å². The number of aromatic nitrogens is 3. The molecule has 2 fully saturated rings. The van der Waals surface area contributed by atoms with Gasteiger partial charge in [0.2, 0.25) is 5.88 Å². The van der Waals surface area contributed by atoms with E-state index in [1.165, 1.54) is 12.1 Å². The average Bonchev–Trinajstić information content (AvgIpc) is 3.18. The molecule has 0 radical (unpaired) electrons. The van der Waals surface area contributed by atoms with E-state index in [0.717, 1.165) is 56.3 Å². The molecule has 1 aromatic carbocycles. The highest BCUT2D eigenvalue weighted by Crippen LogP contribution is 2.27. The third-order valence-corrected chi connectivity index (χ3v) is 5.84. The van der Waals surface area contributed by atoms with Crippen LogP contribution < -0.4 is 9.64 Å². The Labute approximate surface area is 179 Å². The van der Waals surface area contributed by atoms with Crippen LogP contribution in [0.25, 0.3) is 11.3 Å². The lowest BCUT2D eigenvalue weighted by Crippen LogP contribution is -2.58. The molecule has 5 rings (SSSR count). The summed E-state index contributed by atoms with van der Waals surface area (Å²) in [6, 6.07) is 6.53. The topological polar surface area (TPSA) is 76.8 Å². The molecule has 9 heteroatoms. The van der Waals surface area contributed by atoms with E-state index in [1.807, 2.05) is 6.92 Å². The Morgan fingerprint density at radius 1 is 1.13 bits per heavy atom. The van der Waals surface area contributed by atoms with Crippen LogP contribution >= 0.6 is 0 Å². The Morgan fingerprint density at radius 2 is 2.00 bits per heavy atom. The third-order valence-electron chi connectivity index (χ3n) is 5.84. The van der Waals surface area contributed by atoms with E-state index in [-0.39, 0.29) is 12.4 Å². The molecule has 0 bridgehead atoms. The molecule has 2 aliphatic heterocycles. The number of halogens is 1. The molecule has 2 saturated heterocycles. The van der Waals surface area contributed by atoms with Crippen LogP contribution in [-0.2, 0) is 11.3 Å². The first-order valence-corrected chi connectivity index (χ1v) is 10.4. The first-order chi connectivity index (χ1) is 15.2. The van der Waals surface area contributed by atoms with Gasteiger partial charge in [0.05, 0.1) is 37.2 Å². The van der Waals surface area contributed by atoms with Gasteiger partial charge in [0.25, 0.3) is 0 Å². The SMILES string of the molecule is Cc1onc(-c2ccc(F)cc2)c1COc1cnc(N2CCN3CCOC[C@@H]3C2)cn1. The third kappa shape index (κ3) is 4.24. The van der Waals surface area contributed by atoms with Crippen LogP contribution in [0.5, 0.6) is 5.88 Å². The fraction of sp³-hybridized carbons (Fsp3) is 0.409. The van der Waals surface area contributed by atoms with Crippen LogP contribution in [0.3, 0.4) is 0 Å². The number of ether oxygens (including phenoxy) is 2. The first kappa shape index (κ1) is 19.9. The van der Waals surface area contributed by atoms with Crippen molar-refractivity contribution in [3.8, 4) is 17.1 Å². The van der Waals surface area contributed by atoms with Crippen molar-refractivity contribution in [3.05, 3.63) is 53.8 Å². The monoisotopic (exact) mass is 425 g/mol. The summed E-state index contributed by atoms with van der Waals surface area (Å²) in [7, 11) is 0. The second-order valence-electron chi connectivity index (χ2n) is 7.79. The van der Waals surface area contributed by atoms with E-state index in [9.17, 15) is 4.39 Å². The van der Waals surface area contributed by atoms with Crippen LogP contribution in [0.1, 0.15) is 11.3 Å². The van der Waals surface area contributed by atoms with Gasteiger partial charge in [-0.1, -0.05) is 5.16 Å². The molecule has 1 atom stereocenters. The number of rotatable bonds is 5. The zero-order chi connectivity index (χ0) is 21.2. The minimum atomic E-state index is -0.297. The number of benzene rings is 1. The summed E-state index contributed by atoms with van der Waals surface area (Å²) in [6.07, 6.45) is 3.38. The van der Waals surface area contributed by atoms with Gasteiger partial charge in [-0.2, -0.15) is 0 Å². The molecular formula is C22H24FN5O3. The number of fused-ring (bicyclic) bond motifs is 1. The quantitative estimate of drug-likeness (QED) is 0.618. The van der Waals surface area contributed by atoms with Crippen LogP contribution in [0, 0.1) is 12.7 Å². The van der Waals surface area contributed by atoms with Gasteiger partial charge in [-0.15, -0.1) is 0 Å².